The monoisotopic (exact) mass is 222 g/mol. The minimum absolute atomic E-state index is 0.0634. The minimum Gasteiger partial charge on any atom is -0.495 e. The Morgan fingerprint density at radius 3 is 2.21 bits per heavy atom. The van der Waals surface area contributed by atoms with E-state index in [4.69, 9.17) is 16.3 Å². The van der Waals surface area contributed by atoms with Gasteiger partial charge >= 0.3 is 0 Å². The molecule has 14 heavy (non-hydrogen) atoms. The largest absolute Gasteiger partial charge is 0.495 e. The SMILES string of the molecule is CC.COc1cc(F)c(F)c(C)c1Cl. The second kappa shape index (κ2) is 5.81. The van der Waals surface area contributed by atoms with Gasteiger partial charge in [-0.1, -0.05) is 25.4 Å². The van der Waals surface area contributed by atoms with Crippen molar-refractivity contribution in [2.75, 3.05) is 7.11 Å². The molecule has 4 heteroatoms. The van der Waals surface area contributed by atoms with Crippen LogP contribution in [-0.2, 0) is 0 Å². The van der Waals surface area contributed by atoms with Crippen molar-refractivity contribution in [3.8, 4) is 5.75 Å². The van der Waals surface area contributed by atoms with Gasteiger partial charge in [0.25, 0.3) is 0 Å². The number of hydrogen-bond donors (Lipinski definition) is 0. The molecular formula is C10H13ClF2O. The van der Waals surface area contributed by atoms with E-state index in [0.717, 1.165) is 6.07 Å². The van der Waals surface area contributed by atoms with Crippen LogP contribution in [0.15, 0.2) is 6.07 Å². The van der Waals surface area contributed by atoms with E-state index in [0.29, 0.717) is 0 Å². The van der Waals surface area contributed by atoms with E-state index < -0.39 is 11.6 Å². The summed E-state index contributed by atoms with van der Waals surface area (Å²) in [5.41, 5.74) is 0.0634. The van der Waals surface area contributed by atoms with Crippen LogP contribution < -0.4 is 4.74 Å². The first-order chi connectivity index (χ1) is 6.57. The molecule has 0 saturated carbocycles. The summed E-state index contributed by atoms with van der Waals surface area (Å²) in [6, 6.07) is 0.921. The van der Waals surface area contributed by atoms with Crippen molar-refractivity contribution in [2.45, 2.75) is 20.8 Å². The molecule has 0 heterocycles. The standard InChI is InChI=1S/C8H7ClF2O.C2H6/c1-4-7(9)6(12-2)3-5(10)8(4)11;1-2/h3H,1-2H3;1-2H3. The van der Waals surface area contributed by atoms with Crippen molar-refractivity contribution in [2.24, 2.45) is 0 Å². The molecule has 80 valence electrons. The summed E-state index contributed by atoms with van der Waals surface area (Å²) in [5.74, 6) is -1.73. The van der Waals surface area contributed by atoms with Gasteiger partial charge in [0.2, 0.25) is 0 Å². The molecule has 0 aliphatic carbocycles. The fraction of sp³-hybridized carbons (Fsp3) is 0.400. The molecule has 0 saturated heterocycles. The molecule has 1 aromatic rings. The second-order valence-electron chi connectivity index (χ2n) is 2.31. The van der Waals surface area contributed by atoms with Crippen LogP contribution in [0.5, 0.6) is 5.75 Å². The van der Waals surface area contributed by atoms with Gasteiger partial charge in [0.1, 0.15) is 5.75 Å². The highest BCUT2D eigenvalue weighted by Gasteiger charge is 2.13. The lowest BCUT2D eigenvalue weighted by Crippen LogP contribution is -1.94. The molecule has 0 unspecified atom stereocenters. The Morgan fingerprint density at radius 2 is 1.79 bits per heavy atom. The lowest BCUT2D eigenvalue weighted by atomic mass is 10.2. The molecule has 1 aromatic carbocycles. The number of benzene rings is 1. The summed E-state index contributed by atoms with van der Waals surface area (Å²) >= 11 is 5.64. The Morgan fingerprint density at radius 1 is 1.29 bits per heavy atom. The summed E-state index contributed by atoms with van der Waals surface area (Å²) in [6.07, 6.45) is 0. The molecule has 0 atom stereocenters. The topological polar surface area (TPSA) is 9.23 Å². The van der Waals surface area contributed by atoms with Gasteiger partial charge in [-0.3, -0.25) is 0 Å². The lowest BCUT2D eigenvalue weighted by Gasteiger charge is -2.06. The number of methoxy groups -OCH3 is 1. The molecule has 1 nitrogen and oxygen atoms in total. The van der Waals surface area contributed by atoms with Gasteiger partial charge in [0.05, 0.1) is 12.1 Å². The van der Waals surface area contributed by atoms with Gasteiger partial charge in [-0.05, 0) is 6.92 Å². The Kier molecular flexibility index (Phi) is 5.46. The number of halogens is 3. The fourth-order valence-corrected chi connectivity index (χ4v) is 1.07. The summed E-state index contributed by atoms with van der Waals surface area (Å²) in [4.78, 5) is 0. The lowest BCUT2D eigenvalue weighted by molar-refractivity contribution is 0.405. The highest BCUT2D eigenvalue weighted by Crippen LogP contribution is 2.30. The van der Waals surface area contributed by atoms with Gasteiger partial charge in [0.15, 0.2) is 11.6 Å². The minimum atomic E-state index is -0.950. The number of rotatable bonds is 1. The first-order valence-corrected chi connectivity index (χ1v) is 4.63. The molecule has 0 aliphatic rings. The van der Waals surface area contributed by atoms with Crippen LogP contribution in [0.2, 0.25) is 5.02 Å². The quantitative estimate of drug-likeness (QED) is 0.654. The van der Waals surface area contributed by atoms with Crippen LogP contribution in [0.25, 0.3) is 0 Å². The maximum atomic E-state index is 12.8. The number of ether oxygens (including phenoxy) is 1. The van der Waals surface area contributed by atoms with E-state index in [1.807, 2.05) is 13.8 Å². The predicted octanol–water partition coefficient (Wildman–Crippen LogP) is 3.96. The van der Waals surface area contributed by atoms with Gasteiger partial charge in [-0.25, -0.2) is 8.78 Å². The summed E-state index contributed by atoms with van der Waals surface area (Å²) < 4.78 is 30.2. The van der Waals surface area contributed by atoms with Gasteiger partial charge in [0, 0.05) is 11.6 Å². The van der Waals surface area contributed by atoms with Crippen LogP contribution in [0.3, 0.4) is 0 Å². The highest BCUT2D eigenvalue weighted by molar-refractivity contribution is 6.32. The molecule has 0 spiro atoms. The van der Waals surface area contributed by atoms with Crippen LogP contribution in [0.4, 0.5) is 8.78 Å². The molecule has 0 radical (unpaired) electrons. The van der Waals surface area contributed by atoms with Crippen molar-refractivity contribution < 1.29 is 13.5 Å². The third kappa shape index (κ3) is 2.58. The number of hydrogen-bond acceptors (Lipinski definition) is 1. The fourth-order valence-electron chi connectivity index (χ4n) is 0.851. The molecule has 0 aromatic heterocycles. The molecule has 0 amide bonds. The zero-order valence-corrected chi connectivity index (χ0v) is 9.38. The van der Waals surface area contributed by atoms with E-state index >= 15 is 0 Å². The Balaban J connectivity index is 0.000000791. The first-order valence-electron chi connectivity index (χ1n) is 4.26. The highest BCUT2D eigenvalue weighted by atomic mass is 35.5. The first kappa shape index (κ1) is 13.2. The van der Waals surface area contributed by atoms with E-state index in [9.17, 15) is 8.78 Å². The maximum Gasteiger partial charge on any atom is 0.163 e. The third-order valence-electron chi connectivity index (χ3n) is 1.56. The molecule has 0 aliphatic heterocycles. The average Bonchev–Trinajstić information content (AvgIpc) is 2.23. The average molecular weight is 223 g/mol. The van der Waals surface area contributed by atoms with Crippen molar-refractivity contribution in [1.29, 1.82) is 0 Å². The Labute approximate surface area is 87.6 Å². The Hall–Kier alpha value is -0.830. The summed E-state index contributed by atoms with van der Waals surface area (Å²) in [5, 5.41) is 0.108. The van der Waals surface area contributed by atoms with Crippen LogP contribution in [0, 0.1) is 18.6 Å². The van der Waals surface area contributed by atoms with Crippen LogP contribution in [0.1, 0.15) is 19.4 Å². The normalized spacial score (nSPS) is 9.07. The smallest absolute Gasteiger partial charge is 0.163 e. The van der Waals surface area contributed by atoms with Crippen molar-refractivity contribution in [3.63, 3.8) is 0 Å². The summed E-state index contributed by atoms with van der Waals surface area (Å²) in [6.45, 7) is 5.39. The molecule has 0 bridgehead atoms. The van der Waals surface area contributed by atoms with Crippen molar-refractivity contribution in [3.05, 3.63) is 28.3 Å². The molecular weight excluding hydrogens is 210 g/mol. The van der Waals surface area contributed by atoms with Gasteiger partial charge in [-0.2, -0.15) is 0 Å². The van der Waals surface area contributed by atoms with Crippen LogP contribution >= 0.6 is 11.6 Å². The van der Waals surface area contributed by atoms with E-state index in [1.54, 1.807) is 0 Å². The van der Waals surface area contributed by atoms with Crippen molar-refractivity contribution in [1.82, 2.24) is 0 Å². The maximum absolute atomic E-state index is 12.8. The predicted molar refractivity (Wildman–Crippen MR) is 54.0 cm³/mol. The zero-order chi connectivity index (χ0) is 11.3. The van der Waals surface area contributed by atoms with E-state index in [-0.39, 0.29) is 16.3 Å². The third-order valence-corrected chi connectivity index (χ3v) is 2.03. The van der Waals surface area contributed by atoms with E-state index in [2.05, 4.69) is 0 Å². The molecule has 0 N–H and O–H groups in total. The Bertz CT molecular complexity index is 313. The van der Waals surface area contributed by atoms with Gasteiger partial charge < -0.3 is 4.74 Å². The second-order valence-corrected chi connectivity index (χ2v) is 2.69. The van der Waals surface area contributed by atoms with E-state index in [1.165, 1.54) is 14.0 Å². The van der Waals surface area contributed by atoms with Gasteiger partial charge in [-0.15, -0.1) is 0 Å². The summed E-state index contributed by atoms with van der Waals surface area (Å²) in [7, 11) is 1.35. The molecule has 1 rings (SSSR count). The molecule has 0 fully saturated rings. The van der Waals surface area contributed by atoms with Crippen LogP contribution in [-0.4, -0.2) is 7.11 Å². The zero-order valence-electron chi connectivity index (χ0n) is 8.62. The van der Waals surface area contributed by atoms with Crippen molar-refractivity contribution >= 4 is 11.6 Å².